The van der Waals surface area contributed by atoms with Crippen molar-refractivity contribution in [3.63, 3.8) is 0 Å². The Kier molecular flexibility index (Phi) is 4.47. The quantitative estimate of drug-likeness (QED) is 0.909. The smallest absolute Gasteiger partial charge is 0.335 e. The van der Waals surface area contributed by atoms with E-state index in [0.717, 1.165) is 6.07 Å². The maximum Gasteiger partial charge on any atom is 0.335 e. The Balaban J connectivity index is 2.13. The zero-order chi connectivity index (χ0) is 14.7. The van der Waals surface area contributed by atoms with Crippen molar-refractivity contribution in [3.8, 4) is 5.75 Å². The molecule has 0 amide bonds. The van der Waals surface area contributed by atoms with Crippen molar-refractivity contribution in [1.29, 1.82) is 0 Å². The minimum absolute atomic E-state index is 0.0407. The third kappa shape index (κ3) is 3.40. The van der Waals surface area contributed by atoms with Crippen LogP contribution in [0.3, 0.4) is 0 Å². The van der Waals surface area contributed by atoms with Gasteiger partial charge in [-0.2, -0.15) is 0 Å². The lowest BCUT2D eigenvalue weighted by molar-refractivity contribution is 0.0696. The van der Waals surface area contributed by atoms with Gasteiger partial charge in [-0.05, 0) is 30.3 Å². The van der Waals surface area contributed by atoms with Crippen LogP contribution in [0.25, 0.3) is 0 Å². The van der Waals surface area contributed by atoms with E-state index in [0.29, 0.717) is 15.6 Å². The second-order valence-corrected chi connectivity index (χ2v) is 4.82. The Morgan fingerprint density at radius 1 is 1.20 bits per heavy atom. The van der Waals surface area contributed by atoms with Crippen molar-refractivity contribution in [1.82, 2.24) is 0 Å². The Labute approximate surface area is 124 Å². The van der Waals surface area contributed by atoms with Gasteiger partial charge in [-0.1, -0.05) is 29.3 Å². The molecular formula is C14H9Cl2FO3. The van der Waals surface area contributed by atoms with Crippen LogP contribution in [0.4, 0.5) is 4.39 Å². The summed E-state index contributed by atoms with van der Waals surface area (Å²) in [7, 11) is 0. The molecule has 0 aliphatic heterocycles. The summed E-state index contributed by atoms with van der Waals surface area (Å²) < 4.78 is 18.9. The number of hydrogen-bond acceptors (Lipinski definition) is 2. The van der Waals surface area contributed by atoms with E-state index in [1.54, 1.807) is 18.2 Å². The molecule has 2 rings (SSSR count). The summed E-state index contributed by atoms with van der Waals surface area (Å²) in [6, 6.07) is 8.32. The summed E-state index contributed by atoms with van der Waals surface area (Å²) in [5.41, 5.74) is 0.511. The molecule has 0 aliphatic rings. The van der Waals surface area contributed by atoms with Crippen molar-refractivity contribution in [2.24, 2.45) is 0 Å². The molecule has 0 radical (unpaired) electrons. The highest BCUT2D eigenvalue weighted by Crippen LogP contribution is 2.24. The average Bonchev–Trinajstić information content (AvgIpc) is 2.38. The van der Waals surface area contributed by atoms with Crippen molar-refractivity contribution in [2.75, 3.05) is 0 Å². The van der Waals surface area contributed by atoms with Gasteiger partial charge in [0, 0.05) is 15.6 Å². The van der Waals surface area contributed by atoms with Crippen molar-refractivity contribution in [3.05, 3.63) is 63.4 Å². The Morgan fingerprint density at radius 2 is 1.95 bits per heavy atom. The number of aromatic carboxylic acids is 1. The molecule has 0 aromatic heterocycles. The van der Waals surface area contributed by atoms with E-state index in [2.05, 4.69) is 0 Å². The summed E-state index contributed by atoms with van der Waals surface area (Å²) in [4.78, 5) is 10.7. The van der Waals surface area contributed by atoms with Gasteiger partial charge in [0.15, 0.2) is 11.6 Å². The average molecular weight is 315 g/mol. The summed E-state index contributed by atoms with van der Waals surface area (Å²) in [6.07, 6.45) is 0. The number of carboxylic acid groups (broad SMARTS) is 1. The molecule has 0 spiro atoms. The van der Waals surface area contributed by atoms with E-state index in [1.165, 1.54) is 12.1 Å². The van der Waals surface area contributed by atoms with Gasteiger partial charge in [-0.15, -0.1) is 0 Å². The van der Waals surface area contributed by atoms with Crippen LogP contribution in [0.5, 0.6) is 5.75 Å². The maximum atomic E-state index is 13.6. The van der Waals surface area contributed by atoms with Crippen LogP contribution < -0.4 is 4.74 Å². The van der Waals surface area contributed by atoms with Crippen LogP contribution in [-0.2, 0) is 6.61 Å². The molecule has 0 fully saturated rings. The standard InChI is InChI=1S/C14H9Cl2FO3/c15-10-3-1-9(11(16)6-10)7-20-13-4-2-8(14(18)19)5-12(13)17/h1-6H,7H2,(H,18,19). The van der Waals surface area contributed by atoms with Crippen molar-refractivity contribution < 1.29 is 19.0 Å². The largest absolute Gasteiger partial charge is 0.486 e. The van der Waals surface area contributed by atoms with Gasteiger partial charge in [0.05, 0.1) is 5.56 Å². The molecule has 6 heteroatoms. The second-order valence-electron chi connectivity index (χ2n) is 3.97. The van der Waals surface area contributed by atoms with E-state index in [1.807, 2.05) is 0 Å². The Hall–Kier alpha value is -1.78. The molecule has 20 heavy (non-hydrogen) atoms. The molecule has 0 heterocycles. The fourth-order valence-corrected chi connectivity index (χ4v) is 2.01. The highest BCUT2D eigenvalue weighted by Gasteiger charge is 2.10. The molecule has 104 valence electrons. The maximum absolute atomic E-state index is 13.6. The number of halogens is 3. The number of benzene rings is 2. The van der Waals surface area contributed by atoms with Crippen LogP contribution in [0.15, 0.2) is 36.4 Å². The van der Waals surface area contributed by atoms with Gasteiger partial charge in [-0.3, -0.25) is 0 Å². The number of carbonyl (C=O) groups is 1. The zero-order valence-electron chi connectivity index (χ0n) is 10.1. The highest BCUT2D eigenvalue weighted by molar-refractivity contribution is 6.35. The minimum atomic E-state index is -1.20. The molecule has 0 atom stereocenters. The predicted octanol–water partition coefficient (Wildman–Crippen LogP) is 4.41. The van der Waals surface area contributed by atoms with Crippen LogP contribution in [0.2, 0.25) is 10.0 Å². The van der Waals surface area contributed by atoms with Gasteiger partial charge in [0.1, 0.15) is 6.61 Å². The molecule has 0 unspecified atom stereocenters. The highest BCUT2D eigenvalue weighted by atomic mass is 35.5. The first-order valence-corrected chi connectivity index (χ1v) is 6.32. The van der Waals surface area contributed by atoms with Gasteiger partial charge < -0.3 is 9.84 Å². The second kappa shape index (κ2) is 6.11. The third-order valence-electron chi connectivity index (χ3n) is 2.58. The number of rotatable bonds is 4. The first kappa shape index (κ1) is 14.6. The SMILES string of the molecule is O=C(O)c1ccc(OCc2ccc(Cl)cc2Cl)c(F)c1. The first-order chi connectivity index (χ1) is 9.47. The molecule has 0 saturated heterocycles. The van der Waals surface area contributed by atoms with E-state index in [-0.39, 0.29) is 17.9 Å². The number of carboxylic acids is 1. The van der Waals surface area contributed by atoms with E-state index >= 15 is 0 Å². The molecule has 0 aliphatic carbocycles. The molecule has 2 aromatic rings. The van der Waals surface area contributed by atoms with Crippen molar-refractivity contribution >= 4 is 29.2 Å². The lowest BCUT2D eigenvalue weighted by Crippen LogP contribution is -2.01. The van der Waals surface area contributed by atoms with E-state index in [9.17, 15) is 9.18 Å². The van der Waals surface area contributed by atoms with Gasteiger partial charge in [0.25, 0.3) is 0 Å². The minimum Gasteiger partial charge on any atom is -0.486 e. The predicted molar refractivity (Wildman–Crippen MR) is 74.2 cm³/mol. The van der Waals surface area contributed by atoms with Crippen LogP contribution in [0, 0.1) is 5.82 Å². The molecule has 3 nitrogen and oxygen atoms in total. The lowest BCUT2D eigenvalue weighted by atomic mass is 10.2. The Morgan fingerprint density at radius 3 is 2.55 bits per heavy atom. The molecule has 0 saturated carbocycles. The first-order valence-electron chi connectivity index (χ1n) is 5.57. The molecular weight excluding hydrogens is 306 g/mol. The van der Waals surface area contributed by atoms with Crippen LogP contribution in [0.1, 0.15) is 15.9 Å². The molecule has 0 bridgehead atoms. The summed E-state index contributed by atoms with van der Waals surface area (Å²) in [6.45, 7) is 0.0549. The van der Waals surface area contributed by atoms with E-state index < -0.39 is 11.8 Å². The summed E-state index contributed by atoms with van der Waals surface area (Å²) >= 11 is 11.7. The van der Waals surface area contributed by atoms with Gasteiger partial charge in [0.2, 0.25) is 0 Å². The van der Waals surface area contributed by atoms with Gasteiger partial charge >= 0.3 is 5.97 Å². The fraction of sp³-hybridized carbons (Fsp3) is 0.0714. The normalized spacial score (nSPS) is 10.3. The molecule has 2 aromatic carbocycles. The number of ether oxygens (including phenoxy) is 1. The summed E-state index contributed by atoms with van der Waals surface area (Å²) in [5.74, 6) is -1.98. The molecule has 1 N–H and O–H groups in total. The lowest BCUT2D eigenvalue weighted by Gasteiger charge is -2.09. The van der Waals surface area contributed by atoms with E-state index in [4.69, 9.17) is 33.0 Å². The zero-order valence-corrected chi connectivity index (χ0v) is 11.6. The Bertz CT molecular complexity index is 659. The van der Waals surface area contributed by atoms with Gasteiger partial charge in [-0.25, -0.2) is 9.18 Å². The van der Waals surface area contributed by atoms with Crippen LogP contribution >= 0.6 is 23.2 Å². The van der Waals surface area contributed by atoms with Crippen molar-refractivity contribution in [2.45, 2.75) is 6.61 Å². The third-order valence-corrected chi connectivity index (χ3v) is 3.16. The number of hydrogen-bond donors (Lipinski definition) is 1. The fourth-order valence-electron chi connectivity index (χ4n) is 1.55. The topological polar surface area (TPSA) is 46.5 Å². The summed E-state index contributed by atoms with van der Waals surface area (Å²) in [5, 5.41) is 9.65. The monoisotopic (exact) mass is 314 g/mol. The van der Waals surface area contributed by atoms with Crippen LogP contribution in [-0.4, -0.2) is 11.1 Å².